The molecule has 98 valence electrons. The van der Waals surface area contributed by atoms with Gasteiger partial charge in [-0.3, -0.25) is 0 Å². The van der Waals surface area contributed by atoms with Crippen LogP contribution < -0.4 is 5.32 Å². The van der Waals surface area contributed by atoms with E-state index in [9.17, 15) is 0 Å². The lowest BCUT2D eigenvalue weighted by Crippen LogP contribution is -2.01. The summed E-state index contributed by atoms with van der Waals surface area (Å²) in [7, 11) is 0. The summed E-state index contributed by atoms with van der Waals surface area (Å²) < 4.78 is 0. The Morgan fingerprint density at radius 1 is 1.26 bits per heavy atom. The van der Waals surface area contributed by atoms with Crippen LogP contribution in [0.2, 0.25) is 0 Å². The van der Waals surface area contributed by atoms with E-state index < -0.39 is 0 Å². The third-order valence-electron chi connectivity index (χ3n) is 2.92. The van der Waals surface area contributed by atoms with Gasteiger partial charge in [0.1, 0.15) is 10.6 Å². The van der Waals surface area contributed by atoms with Crippen molar-refractivity contribution in [3.63, 3.8) is 0 Å². The second-order valence-electron chi connectivity index (χ2n) is 4.22. The van der Waals surface area contributed by atoms with E-state index in [-0.39, 0.29) is 0 Å². The zero-order chi connectivity index (χ0) is 13.2. The van der Waals surface area contributed by atoms with E-state index in [1.165, 1.54) is 4.88 Å². The van der Waals surface area contributed by atoms with Crippen molar-refractivity contribution in [1.82, 2.24) is 9.97 Å². The van der Waals surface area contributed by atoms with Gasteiger partial charge >= 0.3 is 0 Å². The second kappa shape index (κ2) is 5.27. The van der Waals surface area contributed by atoms with Crippen LogP contribution in [0, 0.1) is 0 Å². The highest BCUT2D eigenvalue weighted by Gasteiger charge is 2.12. The first-order valence-electron chi connectivity index (χ1n) is 6.38. The lowest BCUT2D eigenvalue weighted by Gasteiger charge is -2.05. The molecule has 5 heteroatoms. The molecule has 0 aromatic carbocycles. The summed E-state index contributed by atoms with van der Waals surface area (Å²) in [6, 6.07) is 4.27. The Kier molecular flexibility index (Phi) is 3.48. The van der Waals surface area contributed by atoms with E-state index in [0.29, 0.717) is 0 Å². The molecule has 0 fully saturated rings. The number of hydrogen-bond donors (Lipinski definition) is 1. The first kappa shape index (κ1) is 12.6. The molecule has 19 heavy (non-hydrogen) atoms. The molecule has 3 heterocycles. The van der Waals surface area contributed by atoms with E-state index >= 15 is 0 Å². The van der Waals surface area contributed by atoms with Crippen molar-refractivity contribution >= 4 is 38.7 Å². The molecular weight excluding hydrogens is 274 g/mol. The van der Waals surface area contributed by atoms with Crippen LogP contribution in [0.4, 0.5) is 5.82 Å². The first-order chi connectivity index (χ1) is 9.31. The maximum Gasteiger partial charge on any atom is 0.163 e. The lowest BCUT2D eigenvalue weighted by atomic mass is 10.2. The monoisotopic (exact) mass is 289 g/mol. The Hall–Kier alpha value is -1.46. The highest BCUT2D eigenvalue weighted by atomic mass is 32.1. The van der Waals surface area contributed by atoms with Crippen molar-refractivity contribution in [3.8, 4) is 11.4 Å². The summed E-state index contributed by atoms with van der Waals surface area (Å²) in [6.07, 6.45) is 1.04. The molecule has 3 nitrogen and oxygen atoms in total. The summed E-state index contributed by atoms with van der Waals surface area (Å²) >= 11 is 3.43. The fraction of sp³-hybridized carbons (Fsp3) is 0.286. The number of fused-ring (bicyclic) bond motifs is 1. The molecular formula is C14H15N3S2. The first-order valence-corrected chi connectivity index (χ1v) is 8.14. The van der Waals surface area contributed by atoms with Gasteiger partial charge in [-0.25, -0.2) is 9.97 Å². The summed E-state index contributed by atoms with van der Waals surface area (Å²) in [5, 5.41) is 8.64. The molecule has 3 aromatic heterocycles. The molecule has 0 radical (unpaired) electrons. The van der Waals surface area contributed by atoms with Crippen molar-refractivity contribution in [2.24, 2.45) is 0 Å². The molecule has 0 bridgehead atoms. The van der Waals surface area contributed by atoms with Gasteiger partial charge in [-0.05, 0) is 30.9 Å². The van der Waals surface area contributed by atoms with Crippen molar-refractivity contribution in [3.05, 3.63) is 27.8 Å². The van der Waals surface area contributed by atoms with Crippen LogP contribution >= 0.6 is 22.7 Å². The molecule has 0 aliphatic heterocycles. The minimum Gasteiger partial charge on any atom is -0.370 e. The lowest BCUT2D eigenvalue weighted by molar-refractivity contribution is 1.15. The van der Waals surface area contributed by atoms with Crippen LogP contribution in [-0.2, 0) is 6.42 Å². The second-order valence-corrected chi connectivity index (χ2v) is 6.12. The van der Waals surface area contributed by atoms with Gasteiger partial charge in [-0.15, -0.1) is 11.3 Å². The molecule has 3 aromatic rings. The van der Waals surface area contributed by atoms with Gasteiger partial charge in [0.05, 0.1) is 5.39 Å². The SMILES string of the molecule is CCNc1nc(-c2ccsc2)nc2sc(CC)cc12. The number of thiophene rings is 2. The normalized spacial score (nSPS) is 11.1. The average molecular weight is 289 g/mol. The van der Waals surface area contributed by atoms with E-state index in [1.807, 2.05) is 0 Å². The summed E-state index contributed by atoms with van der Waals surface area (Å²) in [6.45, 7) is 5.13. The van der Waals surface area contributed by atoms with Gasteiger partial charge in [0.15, 0.2) is 5.82 Å². The van der Waals surface area contributed by atoms with E-state index in [0.717, 1.165) is 40.4 Å². The molecule has 0 unspecified atom stereocenters. The molecule has 0 amide bonds. The standard InChI is InChI=1S/C14H15N3S2/c1-3-10-7-11-13(15-4-2)16-12(17-14(11)19-10)9-5-6-18-8-9/h5-8H,3-4H2,1-2H3,(H,15,16,17). The van der Waals surface area contributed by atoms with Gasteiger partial charge < -0.3 is 5.32 Å². The topological polar surface area (TPSA) is 37.8 Å². The van der Waals surface area contributed by atoms with Crippen LogP contribution in [0.1, 0.15) is 18.7 Å². The van der Waals surface area contributed by atoms with Crippen LogP contribution in [0.5, 0.6) is 0 Å². The Bertz CT molecular complexity index is 686. The Morgan fingerprint density at radius 3 is 2.84 bits per heavy atom. The molecule has 0 aliphatic carbocycles. The fourth-order valence-electron chi connectivity index (χ4n) is 1.97. The molecule has 0 saturated heterocycles. The quantitative estimate of drug-likeness (QED) is 0.773. The third-order valence-corrected chi connectivity index (χ3v) is 4.77. The van der Waals surface area contributed by atoms with Gasteiger partial charge in [0, 0.05) is 22.4 Å². The predicted molar refractivity (Wildman–Crippen MR) is 84.3 cm³/mol. The van der Waals surface area contributed by atoms with Gasteiger partial charge in [-0.1, -0.05) is 6.92 Å². The smallest absolute Gasteiger partial charge is 0.163 e. The van der Waals surface area contributed by atoms with Crippen molar-refractivity contribution in [2.45, 2.75) is 20.3 Å². The van der Waals surface area contributed by atoms with E-state index in [2.05, 4.69) is 47.0 Å². The number of nitrogens with zero attached hydrogens (tertiary/aromatic N) is 2. The summed E-state index contributed by atoms with van der Waals surface area (Å²) in [5.74, 6) is 1.76. The number of aryl methyl sites for hydroxylation is 1. The number of rotatable bonds is 4. The van der Waals surface area contributed by atoms with Crippen LogP contribution in [0.15, 0.2) is 22.9 Å². The van der Waals surface area contributed by atoms with E-state index in [1.54, 1.807) is 22.7 Å². The number of hydrogen-bond acceptors (Lipinski definition) is 5. The fourth-order valence-corrected chi connectivity index (χ4v) is 3.57. The van der Waals surface area contributed by atoms with Crippen molar-refractivity contribution < 1.29 is 0 Å². The number of aromatic nitrogens is 2. The Morgan fingerprint density at radius 2 is 2.16 bits per heavy atom. The van der Waals surface area contributed by atoms with Crippen LogP contribution in [-0.4, -0.2) is 16.5 Å². The Labute approximate surface area is 120 Å². The predicted octanol–water partition coefficient (Wildman–Crippen LogP) is 4.41. The molecule has 0 saturated carbocycles. The molecule has 3 rings (SSSR count). The number of anilines is 1. The Balaban J connectivity index is 2.20. The third kappa shape index (κ3) is 2.35. The summed E-state index contributed by atoms with van der Waals surface area (Å²) in [5.41, 5.74) is 1.09. The maximum atomic E-state index is 4.70. The van der Waals surface area contributed by atoms with Crippen LogP contribution in [0.3, 0.4) is 0 Å². The minimum absolute atomic E-state index is 0.814. The largest absolute Gasteiger partial charge is 0.370 e. The van der Waals surface area contributed by atoms with Crippen molar-refractivity contribution in [2.75, 3.05) is 11.9 Å². The highest BCUT2D eigenvalue weighted by molar-refractivity contribution is 7.18. The highest BCUT2D eigenvalue weighted by Crippen LogP contribution is 2.32. The average Bonchev–Trinajstić information content (AvgIpc) is 3.07. The molecule has 0 spiro atoms. The van der Waals surface area contributed by atoms with Gasteiger partial charge in [0.2, 0.25) is 0 Å². The van der Waals surface area contributed by atoms with Crippen molar-refractivity contribution in [1.29, 1.82) is 0 Å². The molecule has 0 atom stereocenters. The van der Waals surface area contributed by atoms with E-state index in [4.69, 9.17) is 4.98 Å². The van der Waals surface area contributed by atoms with Crippen LogP contribution in [0.25, 0.3) is 21.6 Å². The summed E-state index contributed by atoms with van der Waals surface area (Å²) in [4.78, 5) is 11.8. The molecule has 0 aliphatic rings. The van der Waals surface area contributed by atoms with Gasteiger partial charge in [-0.2, -0.15) is 11.3 Å². The zero-order valence-electron chi connectivity index (χ0n) is 10.9. The molecule has 1 N–H and O–H groups in total. The minimum atomic E-state index is 0.814. The number of nitrogens with one attached hydrogen (secondary N) is 1. The maximum absolute atomic E-state index is 4.70. The van der Waals surface area contributed by atoms with Gasteiger partial charge in [0.25, 0.3) is 0 Å². The zero-order valence-corrected chi connectivity index (χ0v) is 12.6.